The van der Waals surface area contributed by atoms with Crippen molar-refractivity contribution in [3.63, 3.8) is 0 Å². The van der Waals surface area contributed by atoms with Gasteiger partial charge in [-0.1, -0.05) is 13.8 Å². The summed E-state index contributed by atoms with van der Waals surface area (Å²) in [4.78, 5) is 2.26. The predicted molar refractivity (Wildman–Crippen MR) is 73.9 cm³/mol. The topological polar surface area (TPSA) is 24.5 Å². The number of likely N-dealkylation sites (N-methyl/N-ethyl adjacent to an activating group) is 2. The van der Waals surface area contributed by atoms with E-state index in [1.807, 2.05) is 19.2 Å². The van der Waals surface area contributed by atoms with E-state index in [4.69, 9.17) is 4.74 Å². The highest BCUT2D eigenvalue weighted by Crippen LogP contribution is 2.18. The summed E-state index contributed by atoms with van der Waals surface area (Å²) < 4.78 is 5.16. The van der Waals surface area contributed by atoms with Gasteiger partial charge in [-0.25, -0.2) is 0 Å². The van der Waals surface area contributed by atoms with Crippen molar-refractivity contribution in [3.05, 3.63) is 24.3 Å². The SMILES string of the molecule is CNC(CN(C)c1ccc(OC)cc1)C(C)C. The molecule has 0 fully saturated rings. The van der Waals surface area contributed by atoms with Crippen molar-refractivity contribution < 1.29 is 4.74 Å². The number of nitrogens with zero attached hydrogens (tertiary/aromatic N) is 1. The minimum Gasteiger partial charge on any atom is -0.497 e. The van der Waals surface area contributed by atoms with Crippen LogP contribution >= 0.6 is 0 Å². The molecule has 0 spiro atoms. The fraction of sp³-hybridized carbons (Fsp3) is 0.571. The largest absolute Gasteiger partial charge is 0.497 e. The molecule has 0 aromatic heterocycles. The Bertz CT molecular complexity index is 321. The molecule has 96 valence electrons. The van der Waals surface area contributed by atoms with Crippen molar-refractivity contribution in [2.45, 2.75) is 19.9 Å². The molecule has 1 N–H and O–H groups in total. The molecule has 1 aromatic carbocycles. The molecule has 0 heterocycles. The molecule has 0 aliphatic rings. The van der Waals surface area contributed by atoms with Gasteiger partial charge in [-0.3, -0.25) is 0 Å². The molecule has 3 heteroatoms. The van der Waals surface area contributed by atoms with Gasteiger partial charge in [-0.05, 0) is 37.2 Å². The zero-order chi connectivity index (χ0) is 12.8. The second-order valence-corrected chi connectivity index (χ2v) is 4.72. The van der Waals surface area contributed by atoms with E-state index in [-0.39, 0.29) is 0 Å². The monoisotopic (exact) mass is 236 g/mol. The van der Waals surface area contributed by atoms with Crippen LogP contribution in [-0.4, -0.2) is 33.8 Å². The lowest BCUT2D eigenvalue weighted by Crippen LogP contribution is -2.41. The molecule has 17 heavy (non-hydrogen) atoms. The summed E-state index contributed by atoms with van der Waals surface area (Å²) in [5.41, 5.74) is 1.21. The van der Waals surface area contributed by atoms with E-state index in [1.54, 1.807) is 7.11 Å². The Morgan fingerprint density at radius 2 is 1.82 bits per heavy atom. The maximum absolute atomic E-state index is 5.16. The van der Waals surface area contributed by atoms with E-state index in [1.165, 1.54) is 5.69 Å². The van der Waals surface area contributed by atoms with E-state index >= 15 is 0 Å². The highest BCUT2D eigenvalue weighted by molar-refractivity contribution is 5.48. The van der Waals surface area contributed by atoms with Gasteiger partial charge in [0.25, 0.3) is 0 Å². The summed E-state index contributed by atoms with van der Waals surface area (Å²) in [7, 11) is 5.83. The van der Waals surface area contributed by atoms with Gasteiger partial charge in [0, 0.05) is 25.3 Å². The van der Waals surface area contributed by atoms with Crippen LogP contribution in [0.2, 0.25) is 0 Å². The molecule has 0 radical (unpaired) electrons. The van der Waals surface area contributed by atoms with Gasteiger partial charge in [0.15, 0.2) is 0 Å². The van der Waals surface area contributed by atoms with E-state index in [9.17, 15) is 0 Å². The third-order valence-corrected chi connectivity index (χ3v) is 3.16. The van der Waals surface area contributed by atoms with Gasteiger partial charge in [-0.15, -0.1) is 0 Å². The summed E-state index contributed by atoms with van der Waals surface area (Å²) in [5.74, 6) is 1.52. The van der Waals surface area contributed by atoms with E-state index in [0.29, 0.717) is 12.0 Å². The maximum atomic E-state index is 5.16. The summed E-state index contributed by atoms with van der Waals surface area (Å²) in [6.07, 6.45) is 0. The Morgan fingerprint density at radius 3 is 2.24 bits per heavy atom. The molecule has 1 aromatic rings. The molecule has 1 atom stereocenters. The number of ether oxygens (including phenoxy) is 1. The summed E-state index contributed by atoms with van der Waals surface area (Å²) >= 11 is 0. The van der Waals surface area contributed by atoms with Gasteiger partial charge in [0.2, 0.25) is 0 Å². The van der Waals surface area contributed by atoms with Gasteiger partial charge < -0.3 is 15.0 Å². The molecule has 0 aliphatic heterocycles. The molecule has 0 bridgehead atoms. The lowest BCUT2D eigenvalue weighted by atomic mass is 10.0. The molecule has 3 nitrogen and oxygen atoms in total. The van der Waals surface area contributed by atoms with Crippen LogP contribution in [0.1, 0.15) is 13.8 Å². The second-order valence-electron chi connectivity index (χ2n) is 4.72. The molecular weight excluding hydrogens is 212 g/mol. The highest BCUT2D eigenvalue weighted by Gasteiger charge is 2.13. The van der Waals surface area contributed by atoms with Crippen LogP contribution < -0.4 is 15.0 Å². The average Bonchev–Trinajstić information content (AvgIpc) is 2.35. The van der Waals surface area contributed by atoms with E-state index < -0.39 is 0 Å². The van der Waals surface area contributed by atoms with Gasteiger partial charge >= 0.3 is 0 Å². The predicted octanol–water partition coefficient (Wildman–Crippen LogP) is 2.38. The quantitative estimate of drug-likeness (QED) is 0.820. The Morgan fingerprint density at radius 1 is 1.24 bits per heavy atom. The van der Waals surface area contributed by atoms with Gasteiger partial charge in [-0.2, -0.15) is 0 Å². The number of hydrogen-bond donors (Lipinski definition) is 1. The Kier molecular flexibility index (Phi) is 5.29. The van der Waals surface area contributed by atoms with Crippen LogP contribution in [0.25, 0.3) is 0 Å². The smallest absolute Gasteiger partial charge is 0.119 e. The lowest BCUT2D eigenvalue weighted by molar-refractivity contribution is 0.414. The summed E-state index contributed by atoms with van der Waals surface area (Å²) in [5, 5.41) is 3.36. The number of nitrogens with one attached hydrogen (secondary N) is 1. The standard InChI is InChI=1S/C14H24N2O/c1-11(2)14(15-3)10-16(4)12-6-8-13(17-5)9-7-12/h6-9,11,14-15H,10H2,1-5H3. The van der Waals surface area contributed by atoms with Crippen molar-refractivity contribution in [2.75, 3.05) is 32.6 Å². The number of benzene rings is 1. The Balaban J connectivity index is 2.65. The molecule has 1 unspecified atom stereocenters. The second kappa shape index (κ2) is 6.50. The zero-order valence-corrected chi connectivity index (χ0v) is 11.5. The van der Waals surface area contributed by atoms with Crippen LogP contribution in [-0.2, 0) is 0 Å². The molecular formula is C14H24N2O. The van der Waals surface area contributed by atoms with E-state index in [2.05, 4.69) is 43.2 Å². The van der Waals surface area contributed by atoms with Crippen LogP contribution in [0.15, 0.2) is 24.3 Å². The van der Waals surface area contributed by atoms with Crippen LogP contribution in [0, 0.1) is 5.92 Å². The number of anilines is 1. The third-order valence-electron chi connectivity index (χ3n) is 3.16. The first-order chi connectivity index (χ1) is 8.08. The van der Waals surface area contributed by atoms with Gasteiger partial charge in [0.1, 0.15) is 5.75 Å². The molecule has 0 aliphatic carbocycles. The minimum atomic E-state index is 0.502. The first-order valence-corrected chi connectivity index (χ1v) is 6.11. The van der Waals surface area contributed by atoms with Crippen molar-refractivity contribution in [3.8, 4) is 5.75 Å². The number of rotatable bonds is 6. The van der Waals surface area contributed by atoms with Gasteiger partial charge in [0.05, 0.1) is 7.11 Å². The fourth-order valence-corrected chi connectivity index (χ4v) is 1.87. The highest BCUT2D eigenvalue weighted by atomic mass is 16.5. The maximum Gasteiger partial charge on any atom is 0.119 e. The first kappa shape index (κ1) is 13.8. The van der Waals surface area contributed by atoms with Crippen LogP contribution in [0.4, 0.5) is 5.69 Å². The molecule has 0 saturated heterocycles. The molecule has 0 saturated carbocycles. The van der Waals surface area contributed by atoms with Crippen molar-refractivity contribution in [1.29, 1.82) is 0 Å². The van der Waals surface area contributed by atoms with Crippen LogP contribution in [0.5, 0.6) is 5.75 Å². The van der Waals surface area contributed by atoms with Crippen molar-refractivity contribution in [1.82, 2.24) is 5.32 Å². The fourth-order valence-electron chi connectivity index (χ4n) is 1.87. The molecule has 0 amide bonds. The Labute approximate surface area is 105 Å². The third kappa shape index (κ3) is 3.93. The zero-order valence-electron chi connectivity index (χ0n) is 11.5. The number of methoxy groups -OCH3 is 1. The summed E-state index contributed by atoms with van der Waals surface area (Å²) in [6, 6.07) is 8.67. The first-order valence-electron chi connectivity index (χ1n) is 6.11. The van der Waals surface area contributed by atoms with Crippen LogP contribution in [0.3, 0.4) is 0 Å². The van der Waals surface area contributed by atoms with Crippen molar-refractivity contribution >= 4 is 5.69 Å². The Hall–Kier alpha value is -1.22. The summed E-state index contributed by atoms with van der Waals surface area (Å²) in [6.45, 7) is 5.48. The minimum absolute atomic E-state index is 0.502. The number of hydrogen-bond acceptors (Lipinski definition) is 3. The lowest BCUT2D eigenvalue weighted by Gasteiger charge is -2.28. The molecule has 1 rings (SSSR count). The van der Waals surface area contributed by atoms with E-state index in [0.717, 1.165) is 12.3 Å². The van der Waals surface area contributed by atoms with Crippen molar-refractivity contribution in [2.24, 2.45) is 5.92 Å². The average molecular weight is 236 g/mol. The normalized spacial score (nSPS) is 12.6.